The van der Waals surface area contributed by atoms with Crippen LogP contribution in [0.15, 0.2) is 23.6 Å². The van der Waals surface area contributed by atoms with Gasteiger partial charge in [0, 0.05) is 15.6 Å². The molecule has 3 N–H and O–H groups in total. The predicted molar refractivity (Wildman–Crippen MR) is 104 cm³/mol. The number of phenolic OH excluding ortho intramolecular Hbond substituents is 1. The van der Waals surface area contributed by atoms with Crippen LogP contribution in [0.25, 0.3) is 21.3 Å². The second-order valence-corrected chi connectivity index (χ2v) is 8.11. The average molecular weight is 370 g/mol. The van der Waals surface area contributed by atoms with Crippen LogP contribution in [0.2, 0.25) is 0 Å². The number of aromatic nitrogens is 3. The van der Waals surface area contributed by atoms with Crippen LogP contribution in [0.4, 0.5) is 5.95 Å². The quantitative estimate of drug-likeness (QED) is 0.648. The lowest BCUT2D eigenvalue weighted by molar-refractivity contribution is 0.0103. The number of hydrogen-bond donors (Lipinski definition) is 3. The number of fused-ring (bicyclic) bond motifs is 1. The third kappa shape index (κ3) is 3.01. The molecule has 2 atom stereocenters. The zero-order valence-electron chi connectivity index (χ0n) is 14.9. The van der Waals surface area contributed by atoms with Crippen molar-refractivity contribution in [1.29, 1.82) is 0 Å². The number of anilines is 1. The highest BCUT2D eigenvalue weighted by Gasteiger charge is 2.35. The number of aryl methyl sites for hydroxylation is 1. The Labute approximate surface area is 155 Å². The fourth-order valence-corrected chi connectivity index (χ4v) is 4.42. The van der Waals surface area contributed by atoms with Gasteiger partial charge in [0.1, 0.15) is 11.4 Å². The van der Waals surface area contributed by atoms with Crippen LogP contribution in [-0.4, -0.2) is 37.0 Å². The predicted octanol–water partition coefficient (Wildman–Crippen LogP) is 3.87. The number of thiophene rings is 1. The van der Waals surface area contributed by atoms with Gasteiger partial charge in [-0.15, -0.1) is 21.5 Å². The second kappa shape index (κ2) is 6.48. The molecule has 6 nitrogen and oxygen atoms in total. The summed E-state index contributed by atoms with van der Waals surface area (Å²) in [5.74, 6) is 0.619. The smallest absolute Gasteiger partial charge is 0.243 e. The summed E-state index contributed by atoms with van der Waals surface area (Å²) in [6.45, 7) is 3.71. The van der Waals surface area contributed by atoms with Crippen molar-refractivity contribution in [1.82, 2.24) is 15.2 Å². The number of rotatable bonds is 3. The van der Waals surface area contributed by atoms with Crippen LogP contribution in [0.1, 0.15) is 38.3 Å². The van der Waals surface area contributed by atoms with Crippen LogP contribution in [0, 0.1) is 6.92 Å². The number of benzene rings is 1. The average Bonchev–Trinajstić information content (AvgIpc) is 3.08. The van der Waals surface area contributed by atoms with Gasteiger partial charge in [-0.3, -0.25) is 0 Å². The van der Waals surface area contributed by atoms with E-state index in [1.165, 1.54) is 0 Å². The van der Waals surface area contributed by atoms with E-state index in [-0.39, 0.29) is 11.8 Å². The van der Waals surface area contributed by atoms with Crippen molar-refractivity contribution in [3.05, 3.63) is 29.3 Å². The molecule has 1 aliphatic rings. The Kier molecular flexibility index (Phi) is 4.28. The Morgan fingerprint density at radius 3 is 2.85 bits per heavy atom. The summed E-state index contributed by atoms with van der Waals surface area (Å²) in [6, 6.07) is 5.64. The summed E-state index contributed by atoms with van der Waals surface area (Å²) < 4.78 is 1.03. The Hall–Kier alpha value is -2.25. The summed E-state index contributed by atoms with van der Waals surface area (Å²) in [5.41, 5.74) is 1.11. The van der Waals surface area contributed by atoms with Gasteiger partial charge in [0.25, 0.3) is 0 Å². The van der Waals surface area contributed by atoms with E-state index in [0.29, 0.717) is 22.9 Å². The van der Waals surface area contributed by atoms with Crippen molar-refractivity contribution < 1.29 is 10.2 Å². The van der Waals surface area contributed by atoms with Gasteiger partial charge in [-0.25, -0.2) is 4.98 Å². The Morgan fingerprint density at radius 1 is 1.23 bits per heavy atom. The Morgan fingerprint density at radius 2 is 2.08 bits per heavy atom. The molecular formula is C19H22N4O2S. The third-order valence-electron chi connectivity index (χ3n) is 5.20. The summed E-state index contributed by atoms with van der Waals surface area (Å²) >= 11 is 1.59. The van der Waals surface area contributed by atoms with Gasteiger partial charge in [-0.1, -0.05) is 12.8 Å². The van der Waals surface area contributed by atoms with Gasteiger partial charge in [0.05, 0.1) is 17.3 Å². The summed E-state index contributed by atoms with van der Waals surface area (Å²) in [5, 5.41) is 35.6. The van der Waals surface area contributed by atoms with E-state index in [9.17, 15) is 10.2 Å². The molecule has 3 aromatic rings. The van der Waals surface area contributed by atoms with Gasteiger partial charge < -0.3 is 15.5 Å². The van der Waals surface area contributed by atoms with E-state index in [1.807, 2.05) is 37.4 Å². The van der Waals surface area contributed by atoms with Gasteiger partial charge in [0.2, 0.25) is 5.95 Å². The van der Waals surface area contributed by atoms with Crippen LogP contribution in [0.5, 0.6) is 5.75 Å². The topological polar surface area (TPSA) is 91.2 Å². The fraction of sp³-hybridized carbons (Fsp3) is 0.421. The molecule has 1 saturated carbocycles. The number of hydrogen-bond acceptors (Lipinski definition) is 7. The van der Waals surface area contributed by atoms with E-state index in [0.717, 1.165) is 35.8 Å². The van der Waals surface area contributed by atoms with Crippen molar-refractivity contribution in [3.8, 4) is 17.0 Å². The molecule has 0 spiro atoms. The molecule has 0 radical (unpaired) electrons. The lowest BCUT2D eigenvalue weighted by Crippen LogP contribution is -2.47. The summed E-state index contributed by atoms with van der Waals surface area (Å²) in [6.07, 6.45) is 3.76. The first-order chi connectivity index (χ1) is 12.5. The maximum absolute atomic E-state index is 10.6. The summed E-state index contributed by atoms with van der Waals surface area (Å²) in [4.78, 5) is 4.51. The van der Waals surface area contributed by atoms with E-state index >= 15 is 0 Å². The lowest BCUT2D eigenvalue weighted by Gasteiger charge is -2.37. The molecule has 0 unspecified atom stereocenters. The standard InChI is InChI=1S/C19H22N4O2S/c1-11-16(13-6-7-14-12(17(13)24)8-10-26-14)22-23-18(20-11)21-15-5-3-4-9-19(15,2)25/h6-8,10,15,24-25H,3-5,9H2,1-2H3,(H,20,21,23)/t15-,19-/m1/s1. The molecule has 0 aliphatic heterocycles. The number of nitrogens with one attached hydrogen (secondary N) is 1. The van der Waals surface area contributed by atoms with Crippen molar-refractivity contribution in [2.24, 2.45) is 0 Å². The van der Waals surface area contributed by atoms with E-state index < -0.39 is 5.60 Å². The maximum atomic E-state index is 10.6. The van der Waals surface area contributed by atoms with E-state index in [2.05, 4.69) is 20.5 Å². The van der Waals surface area contributed by atoms with Crippen molar-refractivity contribution in [2.45, 2.75) is 51.2 Å². The molecule has 0 amide bonds. The molecule has 136 valence electrons. The Bertz CT molecular complexity index is 954. The zero-order chi connectivity index (χ0) is 18.3. The first-order valence-electron chi connectivity index (χ1n) is 8.85. The number of phenols is 1. The monoisotopic (exact) mass is 370 g/mol. The normalized spacial score (nSPS) is 23.3. The highest BCUT2D eigenvalue weighted by atomic mass is 32.1. The third-order valence-corrected chi connectivity index (χ3v) is 6.08. The fourth-order valence-electron chi connectivity index (χ4n) is 3.63. The maximum Gasteiger partial charge on any atom is 0.243 e. The number of nitrogens with zero attached hydrogens (tertiary/aromatic N) is 3. The molecule has 7 heteroatoms. The van der Waals surface area contributed by atoms with Crippen molar-refractivity contribution in [2.75, 3.05) is 5.32 Å². The minimum Gasteiger partial charge on any atom is -0.507 e. The van der Waals surface area contributed by atoms with Crippen LogP contribution in [-0.2, 0) is 0 Å². The van der Waals surface area contributed by atoms with Crippen LogP contribution in [0.3, 0.4) is 0 Å². The largest absolute Gasteiger partial charge is 0.507 e. The highest BCUT2D eigenvalue weighted by Crippen LogP contribution is 2.38. The minimum absolute atomic E-state index is 0.0844. The van der Waals surface area contributed by atoms with Gasteiger partial charge in [-0.05, 0) is 50.3 Å². The molecular weight excluding hydrogens is 348 g/mol. The minimum atomic E-state index is -0.767. The summed E-state index contributed by atoms with van der Waals surface area (Å²) in [7, 11) is 0. The highest BCUT2D eigenvalue weighted by molar-refractivity contribution is 7.17. The van der Waals surface area contributed by atoms with E-state index in [1.54, 1.807) is 11.3 Å². The molecule has 0 saturated heterocycles. The Balaban J connectivity index is 1.64. The van der Waals surface area contributed by atoms with Crippen molar-refractivity contribution >= 4 is 27.4 Å². The second-order valence-electron chi connectivity index (χ2n) is 7.16. The molecule has 1 aromatic carbocycles. The van der Waals surface area contributed by atoms with Crippen molar-refractivity contribution in [3.63, 3.8) is 0 Å². The van der Waals surface area contributed by atoms with Gasteiger partial charge in [-0.2, -0.15) is 0 Å². The first-order valence-corrected chi connectivity index (χ1v) is 9.73. The van der Waals surface area contributed by atoms with Crippen LogP contribution < -0.4 is 5.32 Å². The van der Waals surface area contributed by atoms with Gasteiger partial charge in [0.15, 0.2) is 0 Å². The number of aliphatic hydroxyl groups is 1. The zero-order valence-corrected chi connectivity index (χ0v) is 15.7. The lowest BCUT2D eigenvalue weighted by atomic mass is 9.82. The molecule has 4 rings (SSSR count). The molecule has 2 heterocycles. The number of aromatic hydroxyl groups is 1. The molecule has 0 bridgehead atoms. The first kappa shape index (κ1) is 17.2. The van der Waals surface area contributed by atoms with E-state index in [4.69, 9.17) is 0 Å². The van der Waals surface area contributed by atoms with Crippen LogP contribution >= 0.6 is 11.3 Å². The SMILES string of the molecule is Cc1nc(N[C@@H]2CCCC[C@@]2(C)O)nnc1-c1ccc2sccc2c1O. The molecule has 2 aromatic heterocycles. The molecule has 26 heavy (non-hydrogen) atoms. The molecule has 1 aliphatic carbocycles. The molecule has 1 fully saturated rings. The van der Waals surface area contributed by atoms with Gasteiger partial charge >= 0.3 is 0 Å².